The van der Waals surface area contributed by atoms with E-state index in [9.17, 15) is 0 Å². The first-order valence-corrected chi connectivity index (χ1v) is 11.8. The fourth-order valence-corrected chi connectivity index (χ4v) is 6.06. The first-order chi connectivity index (χ1) is 13.8. The van der Waals surface area contributed by atoms with Crippen molar-refractivity contribution in [2.45, 2.75) is 6.92 Å². The summed E-state index contributed by atoms with van der Waals surface area (Å²) >= 11 is 5.45. The molecule has 1 aromatic carbocycles. The molecule has 140 valence electrons. The Bertz CT molecular complexity index is 980. The number of hydrogen-bond donors (Lipinski definition) is 0. The maximum Gasteiger partial charge on any atom is 0.268 e. The van der Waals surface area contributed by atoms with Gasteiger partial charge in [0, 0.05) is 12.0 Å². The van der Waals surface area contributed by atoms with Gasteiger partial charge < -0.3 is 4.74 Å². The average molecular weight is 420 g/mol. The van der Waals surface area contributed by atoms with E-state index >= 15 is 0 Å². The van der Waals surface area contributed by atoms with E-state index in [0.717, 1.165) is 0 Å². The van der Waals surface area contributed by atoms with E-state index in [1.54, 1.807) is 18.4 Å². The number of rotatable bonds is 7. The molecule has 3 heterocycles. The SMILES string of the molecule is COC/C(=C(\B(c1cccs1)c1cccs1)c1cccs1)c1ccc(C)cc1. The van der Waals surface area contributed by atoms with E-state index < -0.39 is 0 Å². The number of thiophene rings is 3. The van der Waals surface area contributed by atoms with Crippen molar-refractivity contribution in [3.63, 3.8) is 0 Å². The predicted molar refractivity (Wildman–Crippen MR) is 128 cm³/mol. The zero-order chi connectivity index (χ0) is 19.3. The molecule has 0 N–H and O–H groups in total. The third kappa shape index (κ3) is 4.08. The van der Waals surface area contributed by atoms with Gasteiger partial charge in [0.2, 0.25) is 0 Å². The summed E-state index contributed by atoms with van der Waals surface area (Å²) in [6.45, 7) is 2.93. The van der Waals surface area contributed by atoms with Gasteiger partial charge in [0.25, 0.3) is 6.71 Å². The highest BCUT2D eigenvalue weighted by molar-refractivity contribution is 7.35. The molecule has 0 unspecified atom stereocenters. The second-order valence-electron chi connectivity index (χ2n) is 6.63. The zero-order valence-corrected chi connectivity index (χ0v) is 18.4. The molecule has 3 aromatic heterocycles. The third-order valence-corrected chi connectivity index (χ3v) is 7.52. The van der Waals surface area contributed by atoms with E-state index in [0.29, 0.717) is 6.61 Å². The molecule has 0 atom stereocenters. The van der Waals surface area contributed by atoms with Gasteiger partial charge in [-0.2, -0.15) is 22.7 Å². The van der Waals surface area contributed by atoms with Crippen LogP contribution in [0.1, 0.15) is 16.0 Å². The highest BCUT2D eigenvalue weighted by Gasteiger charge is 2.30. The molecule has 0 radical (unpaired) electrons. The molecule has 0 saturated heterocycles. The molecule has 1 nitrogen and oxygen atoms in total. The minimum Gasteiger partial charge on any atom is -0.380 e. The number of methoxy groups -OCH3 is 1. The first-order valence-electron chi connectivity index (χ1n) is 9.17. The van der Waals surface area contributed by atoms with Gasteiger partial charge in [-0.3, -0.25) is 0 Å². The van der Waals surface area contributed by atoms with Crippen LogP contribution in [0.25, 0.3) is 11.0 Å². The summed E-state index contributed by atoms with van der Waals surface area (Å²) < 4.78 is 8.44. The minimum absolute atomic E-state index is 0.213. The van der Waals surface area contributed by atoms with Crippen molar-refractivity contribution in [2.24, 2.45) is 0 Å². The zero-order valence-electron chi connectivity index (χ0n) is 15.9. The van der Waals surface area contributed by atoms with Crippen LogP contribution >= 0.6 is 34.0 Å². The van der Waals surface area contributed by atoms with Crippen molar-refractivity contribution in [2.75, 3.05) is 13.7 Å². The lowest BCUT2D eigenvalue weighted by atomic mass is 9.41. The molecule has 0 fully saturated rings. The first kappa shape index (κ1) is 19.4. The van der Waals surface area contributed by atoms with Crippen LogP contribution in [0.3, 0.4) is 0 Å². The fourth-order valence-electron chi connectivity index (χ4n) is 3.45. The summed E-state index contributed by atoms with van der Waals surface area (Å²) in [5.41, 5.74) is 5.11. The maximum absolute atomic E-state index is 5.71. The highest BCUT2D eigenvalue weighted by Crippen LogP contribution is 2.32. The van der Waals surface area contributed by atoms with Crippen molar-refractivity contribution < 1.29 is 4.74 Å². The summed E-state index contributed by atoms with van der Waals surface area (Å²) in [7, 11) is 1.78. The molecule has 4 aromatic rings. The summed E-state index contributed by atoms with van der Waals surface area (Å²) in [6, 6.07) is 22.0. The number of ether oxygens (including phenoxy) is 1. The highest BCUT2D eigenvalue weighted by atomic mass is 32.1. The van der Waals surface area contributed by atoms with E-state index in [1.165, 1.54) is 36.6 Å². The molecular formula is C23H21BOS3. The van der Waals surface area contributed by atoms with E-state index in [2.05, 4.69) is 83.7 Å². The van der Waals surface area contributed by atoms with Crippen LogP contribution in [0, 0.1) is 6.92 Å². The van der Waals surface area contributed by atoms with Gasteiger partial charge in [0.1, 0.15) is 0 Å². The van der Waals surface area contributed by atoms with Crippen LogP contribution in [-0.2, 0) is 4.74 Å². The summed E-state index contributed by atoms with van der Waals surface area (Å²) in [6.07, 6.45) is 0. The van der Waals surface area contributed by atoms with Crippen molar-refractivity contribution in [1.82, 2.24) is 0 Å². The molecule has 4 rings (SSSR count). The topological polar surface area (TPSA) is 9.23 Å². The Labute approximate surface area is 179 Å². The smallest absolute Gasteiger partial charge is 0.268 e. The Kier molecular flexibility index (Phi) is 6.28. The Morgan fingerprint density at radius 1 is 0.821 bits per heavy atom. The predicted octanol–water partition coefficient (Wildman–Crippen LogP) is 5.59. The molecule has 0 aliphatic heterocycles. The summed E-state index contributed by atoms with van der Waals surface area (Å²) in [5, 5.41) is 6.50. The molecule has 0 amide bonds. The molecule has 0 spiro atoms. The van der Waals surface area contributed by atoms with E-state index in [4.69, 9.17) is 4.74 Å². The van der Waals surface area contributed by atoms with Gasteiger partial charge in [-0.05, 0) is 55.3 Å². The summed E-state index contributed by atoms with van der Waals surface area (Å²) in [4.78, 5) is 1.31. The van der Waals surface area contributed by atoms with Crippen LogP contribution in [0.15, 0.2) is 76.8 Å². The number of aryl methyl sites for hydroxylation is 1. The minimum atomic E-state index is 0.213. The Morgan fingerprint density at radius 2 is 1.43 bits per heavy atom. The fraction of sp³-hybridized carbons (Fsp3) is 0.130. The standard InChI is InChI=1S/C23H21BOS3/c1-17-9-11-18(12-10-17)19(16-25-2)23(20-6-3-13-26-20)24(21-7-4-14-27-21)22-8-5-15-28-22/h3-15H,16H2,1-2H3/b23-19+. The number of benzene rings is 1. The van der Waals surface area contributed by atoms with Crippen molar-refractivity contribution >= 4 is 61.3 Å². The average Bonchev–Trinajstić information content (AvgIpc) is 3.49. The largest absolute Gasteiger partial charge is 0.380 e. The Hall–Kier alpha value is -1.92. The monoisotopic (exact) mass is 420 g/mol. The second kappa shape index (κ2) is 9.06. The van der Waals surface area contributed by atoms with Gasteiger partial charge in [-0.15, -0.1) is 11.3 Å². The molecule has 28 heavy (non-hydrogen) atoms. The van der Waals surface area contributed by atoms with Gasteiger partial charge in [-0.25, -0.2) is 0 Å². The van der Waals surface area contributed by atoms with Crippen molar-refractivity contribution in [1.29, 1.82) is 0 Å². The lowest BCUT2D eigenvalue weighted by Gasteiger charge is -2.20. The normalized spacial score (nSPS) is 12.1. The summed E-state index contributed by atoms with van der Waals surface area (Å²) in [5.74, 6) is 0. The van der Waals surface area contributed by atoms with Crippen LogP contribution < -0.4 is 9.55 Å². The van der Waals surface area contributed by atoms with Crippen LogP contribution in [0.2, 0.25) is 0 Å². The van der Waals surface area contributed by atoms with Gasteiger partial charge in [0.15, 0.2) is 0 Å². The van der Waals surface area contributed by atoms with Gasteiger partial charge in [-0.1, -0.05) is 60.2 Å². The van der Waals surface area contributed by atoms with E-state index in [-0.39, 0.29) is 6.71 Å². The molecule has 0 bridgehead atoms. The third-order valence-electron chi connectivity index (χ3n) is 4.74. The molecular weight excluding hydrogens is 399 g/mol. The lowest BCUT2D eigenvalue weighted by Crippen LogP contribution is -2.41. The second-order valence-corrected chi connectivity index (χ2v) is 9.54. The molecule has 0 saturated carbocycles. The Morgan fingerprint density at radius 3 is 1.93 bits per heavy atom. The lowest BCUT2D eigenvalue weighted by molar-refractivity contribution is 0.240. The maximum atomic E-state index is 5.71. The Balaban J connectivity index is 1.99. The molecule has 0 aliphatic carbocycles. The van der Waals surface area contributed by atoms with E-state index in [1.807, 2.05) is 22.7 Å². The van der Waals surface area contributed by atoms with Crippen LogP contribution in [0.5, 0.6) is 0 Å². The van der Waals surface area contributed by atoms with Gasteiger partial charge >= 0.3 is 0 Å². The van der Waals surface area contributed by atoms with Gasteiger partial charge in [0.05, 0.1) is 6.61 Å². The van der Waals surface area contributed by atoms with Crippen LogP contribution in [0.4, 0.5) is 0 Å². The van der Waals surface area contributed by atoms with Crippen molar-refractivity contribution in [3.8, 4) is 0 Å². The van der Waals surface area contributed by atoms with Crippen LogP contribution in [-0.4, -0.2) is 20.4 Å². The van der Waals surface area contributed by atoms with Crippen molar-refractivity contribution in [3.05, 3.63) is 92.8 Å². The molecule has 5 heteroatoms. The quantitative estimate of drug-likeness (QED) is 0.355. The number of hydrogen-bond acceptors (Lipinski definition) is 4. The molecule has 0 aliphatic rings.